The lowest BCUT2D eigenvalue weighted by molar-refractivity contribution is -0.348. The molecular weight excluding hydrogens is 662 g/mol. The normalized spacial score (nSPS) is 25.9. The minimum atomic E-state index is -6.46. The van der Waals surface area contributed by atoms with Crippen LogP contribution in [0, 0.1) is 17.7 Å². The number of sulfone groups is 1. The summed E-state index contributed by atoms with van der Waals surface area (Å²) in [7, 11) is -4.66. The van der Waals surface area contributed by atoms with Gasteiger partial charge >= 0.3 is 24.0 Å². The molecule has 2 aliphatic carbocycles. The van der Waals surface area contributed by atoms with E-state index in [0.29, 0.717) is 12.1 Å². The summed E-state index contributed by atoms with van der Waals surface area (Å²) in [5.41, 5.74) is -8.38. The maximum Gasteiger partial charge on any atom is 0.436 e. The molecule has 246 valence electrons. The molecule has 1 amide bonds. The van der Waals surface area contributed by atoms with Crippen LogP contribution >= 0.6 is 11.6 Å². The molecule has 0 radical (unpaired) electrons. The van der Waals surface area contributed by atoms with E-state index in [1.165, 1.54) is 4.90 Å². The number of hydrogen-bond donors (Lipinski definition) is 1. The molecule has 1 saturated carbocycles. The largest absolute Gasteiger partial charge is 0.481 e. The zero-order valence-corrected chi connectivity index (χ0v) is 24.8. The molecule has 2 aromatic rings. The number of hydrogen-bond acceptors (Lipinski definition) is 4. The highest BCUT2D eigenvalue weighted by Gasteiger charge is 2.74. The molecule has 0 aromatic heterocycles. The van der Waals surface area contributed by atoms with Crippen LogP contribution in [0.1, 0.15) is 55.2 Å². The highest BCUT2D eigenvalue weighted by Crippen LogP contribution is 2.58. The molecule has 6 nitrogen and oxygen atoms in total. The fourth-order valence-corrected chi connectivity index (χ4v) is 9.82. The van der Waals surface area contributed by atoms with Gasteiger partial charge < -0.3 is 10.0 Å². The second-order valence-corrected chi connectivity index (χ2v) is 14.3. The second-order valence-electron chi connectivity index (χ2n) is 11.7. The van der Waals surface area contributed by atoms with Crippen molar-refractivity contribution in [1.29, 1.82) is 0 Å². The third-order valence-corrected chi connectivity index (χ3v) is 12.3. The van der Waals surface area contributed by atoms with Crippen molar-refractivity contribution in [2.24, 2.45) is 11.8 Å². The SMILES string of the molecule is O=C(O)C1CCC(C(=O)N2CC[C@@]3(S(=O)(=O)c4ccc(F)cc4)c4cc(Cl)c(C(F)(C(F)(F)F)C(F)(F)F)cc4CC[C@@H]23)CC1. The van der Waals surface area contributed by atoms with Gasteiger partial charge in [-0.3, -0.25) is 9.59 Å². The Bertz CT molecular complexity index is 1610. The van der Waals surface area contributed by atoms with Crippen LogP contribution in [0.25, 0.3) is 0 Å². The lowest BCUT2D eigenvalue weighted by atomic mass is 9.76. The Hall–Kier alpha value is -2.94. The topological polar surface area (TPSA) is 91.8 Å². The number of halogens is 9. The summed E-state index contributed by atoms with van der Waals surface area (Å²) in [4.78, 5) is 26.1. The summed E-state index contributed by atoms with van der Waals surface area (Å²) in [6.07, 6.45) is -12.9. The van der Waals surface area contributed by atoms with Gasteiger partial charge in [-0.1, -0.05) is 17.7 Å². The lowest BCUT2D eigenvalue weighted by Gasteiger charge is -2.44. The maximum atomic E-state index is 15.1. The zero-order valence-electron chi connectivity index (χ0n) is 23.2. The van der Waals surface area contributed by atoms with Crippen LogP contribution in [-0.4, -0.2) is 55.2 Å². The summed E-state index contributed by atoms with van der Waals surface area (Å²) >= 11 is 5.97. The Morgan fingerprint density at radius 2 is 1.44 bits per heavy atom. The van der Waals surface area contributed by atoms with Gasteiger partial charge in [0.15, 0.2) is 9.84 Å². The van der Waals surface area contributed by atoms with Gasteiger partial charge in [0.25, 0.3) is 0 Å². The van der Waals surface area contributed by atoms with Crippen LogP contribution in [-0.2, 0) is 36.3 Å². The van der Waals surface area contributed by atoms with Crippen molar-refractivity contribution in [2.75, 3.05) is 6.54 Å². The van der Waals surface area contributed by atoms with Crippen molar-refractivity contribution in [2.45, 2.75) is 78.7 Å². The van der Waals surface area contributed by atoms with E-state index in [1.807, 2.05) is 0 Å². The van der Waals surface area contributed by atoms with E-state index in [2.05, 4.69) is 0 Å². The van der Waals surface area contributed by atoms with E-state index in [4.69, 9.17) is 11.6 Å². The number of nitrogens with zero attached hydrogens (tertiary/aromatic N) is 1. The zero-order chi connectivity index (χ0) is 33.3. The van der Waals surface area contributed by atoms with Crippen molar-refractivity contribution in [3.63, 3.8) is 0 Å². The molecule has 2 fully saturated rings. The molecule has 1 N–H and O–H groups in total. The van der Waals surface area contributed by atoms with Crippen LogP contribution in [0.3, 0.4) is 0 Å². The van der Waals surface area contributed by atoms with E-state index < -0.39 is 83.7 Å². The molecule has 0 unspecified atom stereocenters. The number of aliphatic carboxylic acids is 1. The first-order valence-electron chi connectivity index (χ1n) is 14.0. The Morgan fingerprint density at radius 1 is 0.889 bits per heavy atom. The van der Waals surface area contributed by atoms with Crippen LogP contribution in [0.2, 0.25) is 5.02 Å². The van der Waals surface area contributed by atoms with Crippen molar-refractivity contribution in [3.05, 3.63) is 63.9 Å². The standard InChI is InChI=1S/C29H26ClF8NO5S/c30-22-14-20-17(13-21(22)27(32,28(33,34)35)29(36,37)38)5-10-23-26(20,45(43,44)19-8-6-18(31)7-9-19)11-12-39(23)24(40)15-1-3-16(4-2-15)25(41)42/h6-9,13-16,23H,1-5,10-12H2,(H,41,42)/t15?,16?,23-,26-/m1/s1. The predicted octanol–water partition coefficient (Wildman–Crippen LogP) is 6.88. The van der Waals surface area contributed by atoms with Crippen molar-refractivity contribution >= 4 is 33.3 Å². The summed E-state index contributed by atoms with van der Waals surface area (Å²) in [5, 5.41) is 8.00. The average molecular weight is 688 g/mol. The van der Waals surface area contributed by atoms with Gasteiger partial charge in [-0.2, -0.15) is 26.3 Å². The fourth-order valence-electron chi connectivity index (χ4n) is 7.17. The number of carbonyl (C=O) groups excluding carboxylic acids is 1. The Kier molecular flexibility index (Phi) is 8.24. The number of aryl methyl sites for hydroxylation is 1. The number of carbonyl (C=O) groups is 2. The van der Waals surface area contributed by atoms with E-state index in [1.54, 1.807) is 0 Å². The Morgan fingerprint density at radius 3 is 1.98 bits per heavy atom. The van der Waals surface area contributed by atoms with E-state index >= 15 is 4.39 Å². The molecule has 16 heteroatoms. The van der Waals surface area contributed by atoms with E-state index in [0.717, 1.165) is 24.3 Å². The van der Waals surface area contributed by atoms with E-state index in [9.17, 15) is 53.8 Å². The summed E-state index contributed by atoms with van der Waals surface area (Å²) in [6, 6.07) is 3.39. The van der Waals surface area contributed by atoms with Gasteiger partial charge in [-0.25, -0.2) is 17.2 Å². The minimum absolute atomic E-state index is 0.167. The third kappa shape index (κ3) is 5.08. The molecule has 2 atom stereocenters. The number of alkyl halides is 7. The first kappa shape index (κ1) is 33.4. The monoisotopic (exact) mass is 687 g/mol. The number of benzene rings is 2. The summed E-state index contributed by atoms with van der Waals surface area (Å²) in [5.74, 6) is -3.51. The highest BCUT2D eigenvalue weighted by atomic mass is 35.5. The molecule has 1 saturated heterocycles. The van der Waals surface area contributed by atoms with Gasteiger partial charge in [0.05, 0.1) is 16.9 Å². The van der Waals surface area contributed by atoms with Gasteiger partial charge in [0.1, 0.15) is 10.6 Å². The first-order chi connectivity index (χ1) is 20.8. The molecule has 45 heavy (non-hydrogen) atoms. The molecule has 1 aliphatic heterocycles. The third-order valence-electron chi connectivity index (χ3n) is 9.44. The van der Waals surface area contributed by atoms with Gasteiger partial charge in [0.2, 0.25) is 5.91 Å². The van der Waals surface area contributed by atoms with E-state index in [-0.39, 0.29) is 62.6 Å². The van der Waals surface area contributed by atoms with Crippen molar-refractivity contribution in [3.8, 4) is 0 Å². The molecule has 1 heterocycles. The highest BCUT2D eigenvalue weighted by molar-refractivity contribution is 7.92. The molecule has 3 aliphatic rings. The van der Waals surface area contributed by atoms with Gasteiger partial charge in [-0.05, 0) is 86.4 Å². The first-order valence-corrected chi connectivity index (χ1v) is 15.8. The van der Waals surface area contributed by atoms with Gasteiger partial charge in [0, 0.05) is 23.0 Å². The summed E-state index contributed by atoms with van der Waals surface area (Å²) < 4.78 is 138. The Balaban J connectivity index is 1.66. The number of amides is 1. The number of rotatable bonds is 5. The van der Waals surface area contributed by atoms with Crippen LogP contribution in [0.5, 0.6) is 0 Å². The Labute approximate surface area is 257 Å². The number of likely N-dealkylation sites (tertiary alicyclic amines) is 1. The van der Waals surface area contributed by atoms with Crippen molar-refractivity contribution < 1.29 is 58.2 Å². The van der Waals surface area contributed by atoms with Crippen LogP contribution in [0.15, 0.2) is 41.3 Å². The number of fused-ring (bicyclic) bond motifs is 3. The fraction of sp³-hybridized carbons (Fsp3) is 0.517. The molecule has 0 spiro atoms. The average Bonchev–Trinajstić information content (AvgIpc) is 3.37. The lowest BCUT2D eigenvalue weighted by Crippen LogP contribution is -2.54. The number of carboxylic acids is 1. The molecule has 0 bridgehead atoms. The van der Waals surface area contributed by atoms with Crippen LogP contribution in [0.4, 0.5) is 35.1 Å². The maximum absolute atomic E-state index is 15.1. The second kappa shape index (κ2) is 11.1. The van der Waals surface area contributed by atoms with Crippen LogP contribution < -0.4 is 0 Å². The molecule has 2 aromatic carbocycles. The smallest absolute Gasteiger partial charge is 0.436 e. The van der Waals surface area contributed by atoms with Crippen molar-refractivity contribution in [1.82, 2.24) is 4.90 Å². The predicted molar refractivity (Wildman–Crippen MR) is 143 cm³/mol. The summed E-state index contributed by atoms with van der Waals surface area (Å²) in [6.45, 7) is -0.167. The molecule has 5 rings (SSSR count). The molecular formula is C29H26ClF8NO5S. The quantitative estimate of drug-likeness (QED) is 0.274. The minimum Gasteiger partial charge on any atom is -0.481 e. The van der Waals surface area contributed by atoms with Gasteiger partial charge in [-0.15, -0.1) is 0 Å². The number of carboxylic acid groups (broad SMARTS) is 1.